The maximum absolute atomic E-state index is 12.2. The van der Waals surface area contributed by atoms with Gasteiger partial charge in [0, 0.05) is 5.69 Å². The smallest absolute Gasteiger partial charge is 0.223 e. The molecule has 0 saturated heterocycles. The van der Waals surface area contributed by atoms with Crippen molar-refractivity contribution in [1.29, 1.82) is 0 Å². The molecule has 126 valence electrons. The van der Waals surface area contributed by atoms with Crippen LogP contribution in [0.5, 0.6) is 5.75 Å². The lowest BCUT2D eigenvalue weighted by Gasteiger charge is -2.26. The summed E-state index contributed by atoms with van der Waals surface area (Å²) in [6.07, 6.45) is 3.39. The van der Waals surface area contributed by atoms with Gasteiger partial charge >= 0.3 is 0 Å². The molecule has 3 rings (SSSR count). The van der Waals surface area contributed by atoms with Crippen LogP contribution in [-0.2, 0) is 11.2 Å². The fourth-order valence-corrected chi connectivity index (χ4v) is 3.47. The predicted molar refractivity (Wildman–Crippen MR) is 98.9 cm³/mol. The first-order chi connectivity index (χ1) is 11.6. The maximum Gasteiger partial charge on any atom is 0.223 e. The summed E-state index contributed by atoms with van der Waals surface area (Å²) in [4.78, 5) is 12.2. The van der Waals surface area contributed by atoms with E-state index in [1.54, 1.807) is 0 Å². The number of nitrogen functional groups attached to an aromatic ring is 1. The first kappa shape index (κ1) is 16.8. The third kappa shape index (κ3) is 4.09. The molecule has 24 heavy (non-hydrogen) atoms. The SMILES string of the molecule is Nc1ccc2c(c1)CCCC2NC(=O)CCOc1ccccc1Br. The van der Waals surface area contributed by atoms with Gasteiger partial charge in [-0.1, -0.05) is 18.2 Å². The minimum atomic E-state index is 0.0109. The Labute approximate surface area is 150 Å². The normalized spacial score (nSPS) is 16.3. The number of aryl methyl sites for hydroxylation is 1. The fourth-order valence-electron chi connectivity index (χ4n) is 3.07. The molecule has 2 aromatic carbocycles. The minimum Gasteiger partial charge on any atom is -0.492 e. The summed E-state index contributed by atoms with van der Waals surface area (Å²) in [5.74, 6) is 0.764. The standard InChI is InChI=1S/C19H21BrN2O2/c20-16-5-1-2-7-18(16)24-11-10-19(23)22-17-6-3-4-13-12-14(21)8-9-15(13)17/h1-2,5,7-9,12,17H,3-4,6,10-11,21H2,(H,22,23). The Kier molecular flexibility index (Phi) is 5.41. The molecule has 1 aliphatic rings. The highest BCUT2D eigenvalue weighted by Crippen LogP contribution is 2.31. The number of nitrogens with one attached hydrogen (secondary N) is 1. The van der Waals surface area contributed by atoms with Crippen molar-refractivity contribution >= 4 is 27.5 Å². The highest BCUT2D eigenvalue weighted by Gasteiger charge is 2.21. The molecule has 0 aromatic heterocycles. The molecule has 1 unspecified atom stereocenters. The molecule has 1 aliphatic carbocycles. The van der Waals surface area contributed by atoms with E-state index in [0.29, 0.717) is 13.0 Å². The number of hydrogen-bond acceptors (Lipinski definition) is 3. The number of rotatable bonds is 5. The van der Waals surface area contributed by atoms with Crippen LogP contribution in [0.1, 0.15) is 36.4 Å². The van der Waals surface area contributed by atoms with E-state index in [-0.39, 0.29) is 11.9 Å². The molecule has 3 N–H and O–H groups in total. The second kappa shape index (κ2) is 7.71. The molecule has 0 radical (unpaired) electrons. The third-order valence-electron chi connectivity index (χ3n) is 4.24. The van der Waals surface area contributed by atoms with E-state index in [9.17, 15) is 4.79 Å². The first-order valence-corrected chi connectivity index (χ1v) is 8.98. The Bertz CT molecular complexity index is 733. The fraction of sp³-hybridized carbons (Fsp3) is 0.316. The van der Waals surface area contributed by atoms with Gasteiger partial charge in [-0.25, -0.2) is 0 Å². The van der Waals surface area contributed by atoms with Gasteiger partial charge in [0.15, 0.2) is 0 Å². The van der Waals surface area contributed by atoms with Gasteiger partial charge in [-0.2, -0.15) is 0 Å². The van der Waals surface area contributed by atoms with Crippen LogP contribution in [0.3, 0.4) is 0 Å². The number of ether oxygens (including phenoxy) is 1. The highest BCUT2D eigenvalue weighted by molar-refractivity contribution is 9.10. The Morgan fingerprint density at radius 2 is 2.12 bits per heavy atom. The number of carbonyl (C=O) groups excluding carboxylic acids is 1. The monoisotopic (exact) mass is 388 g/mol. The minimum absolute atomic E-state index is 0.0109. The predicted octanol–water partition coefficient (Wildman–Crippen LogP) is 3.99. The van der Waals surface area contributed by atoms with Gasteiger partial charge < -0.3 is 15.8 Å². The lowest BCUT2D eigenvalue weighted by Crippen LogP contribution is -2.31. The molecule has 0 spiro atoms. The zero-order chi connectivity index (χ0) is 16.9. The topological polar surface area (TPSA) is 64.3 Å². The zero-order valence-corrected chi connectivity index (χ0v) is 15.0. The number of fused-ring (bicyclic) bond motifs is 1. The quantitative estimate of drug-likeness (QED) is 0.760. The summed E-state index contributed by atoms with van der Waals surface area (Å²) < 4.78 is 6.55. The summed E-state index contributed by atoms with van der Waals surface area (Å²) >= 11 is 3.43. The second-order valence-corrected chi connectivity index (χ2v) is 6.85. The Morgan fingerprint density at radius 3 is 2.96 bits per heavy atom. The number of anilines is 1. The second-order valence-electron chi connectivity index (χ2n) is 6.00. The molecule has 2 aromatic rings. The third-order valence-corrected chi connectivity index (χ3v) is 4.90. The Morgan fingerprint density at radius 1 is 1.29 bits per heavy atom. The van der Waals surface area contributed by atoms with Crippen molar-refractivity contribution in [2.45, 2.75) is 31.7 Å². The average Bonchev–Trinajstić information content (AvgIpc) is 2.56. The number of carbonyl (C=O) groups is 1. The van der Waals surface area contributed by atoms with Crippen LogP contribution in [0, 0.1) is 0 Å². The van der Waals surface area contributed by atoms with E-state index < -0.39 is 0 Å². The molecule has 0 heterocycles. The summed E-state index contributed by atoms with van der Waals surface area (Å²) in [5.41, 5.74) is 9.07. The van der Waals surface area contributed by atoms with Gasteiger partial charge in [-0.3, -0.25) is 4.79 Å². The van der Waals surface area contributed by atoms with Gasteiger partial charge in [0.05, 0.1) is 23.5 Å². The molecule has 5 heteroatoms. The van der Waals surface area contributed by atoms with Crippen LogP contribution in [-0.4, -0.2) is 12.5 Å². The Hall–Kier alpha value is -2.01. The van der Waals surface area contributed by atoms with Crippen LogP contribution in [0.2, 0.25) is 0 Å². The van der Waals surface area contributed by atoms with Crippen LogP contribution < -0.4 is 15.8 Å². The summed E-state index contributed by atoms with van der Waals surface area (Å²) in [5, 5.41) is 3.12. The molecular formula is C19H21BrN2O2. The van der Waals surface area contributed by atoms with E-state index in [1.807, 2.05) is 42.5 Å². The maximum atomic E-state index is 12.2. The van der Waals surface area contributed by atoms with Crippen LogP contribution in [0.25, 0.3) is 0 Å². The highest BCUT2D eigenvalue weighted by atomic mass is 79.9. The van der Waals surface area contributed by atoms with Crippen molar-refractivity contribution in [2.24, 2.45) is 0 Å². The van der Waals surface area contributed by atoms with Crippen molar-refractivity contribution < 1.29 is 9.53 Å². The summed E-state index contributed by atoms with van der Waals surface area (Å²) in [6, 6.07) is 13.7. The van der Waals surface area contributed by atoms with Crippen LogP contribution in [0.4, 0.5) is 5.69 Å². The summed E-state index contributed by atoms with van der Waals surface area (Å²) in [7, 11) is 0. The molecule has 0 saturated carbocycles. The number of benzene rings is 2. The molecule has 0 bridgehead atoms. The van der Waals surface area contributed by atoms with E-state index in [2.05, 4.69) is 21.2 Å². The van der Waals surface area contributed by atoms with Crippen LogP contribution >= 0.6 is 15.9 Å². The van der Waals surface area contributed by atoms with Crippen molar-refractivity contribution in [2.75, 3.05) is 12.3 Å². The van der Waals surface area contributed by atoms with Crippen molar-refractivity contribution in [1.82, 2.24) is 5.32 Å². The average molecular weight is 389 g/mol. The van der Waals surface area contributed by atoms with E-state index in [4.69, 9.17) is 10.5 Å². The van der Waals surface area contributed by atoms with Crippen molar-refractivity contribution in [3.63, 3.8) is 0 Å². The van der Waals surface area contributed by atoms with Gasteiger partial charge in [0.1, 0.15) is 5.75 Å². The molecule has 4 nitrogen and oxygen atoms in total. The van der Waals surface area contributed by atoms with Gasteiger partial charge in [0.2, 0.25) is 5.91 Å². The van der Waals surface area contributed by atoms with E-state index in [1.165, 1.54) is 11.1 Å². The lowest BCUT2D eigenvalue weighted by atomic mass is 9.87. The van der Waals surface area contributed by atoms with E-state index >= 15 is 0 Å². The van der Waals surface area contributed by atoms with Crippen molar-refractivity contribution in [3.05, 3.63) is 58.1 Å². The van der Waals surface area contributed by atoms with Gasteiger partial charge in [-0.15, -0.1) is 0 Å². The molecule has 0 aliphatic heterocycles. The molecular weight excluding hydrogens is 368 g/mol. The number of amides is 1. The van der Waals surface area contributed by atoms with Gasteiger partial charge in [0.25, 0.3) is 0 Å². The zero-order valence-electron chi connectivity index (χ0n) is 13.4. The number of hydrogen-bond donors (Lipinski definition) is 2. The van der Waals surface area contributed by atoms with Crippen LogP contribution in [0.15, 0.2) is 46.9 Å². The lowest BCUT2D eigenvalue weighted by molar-refractivity contribution is -0.122. The number of para-hydroxylation sites is 1. The van der Waals surface area contributed by atoms with Crippen molar-refractivity contribution in [3.8, 4) is 5.75 Å². The molecule has 0 fully saturated rings. The Balaban J connectivity index is 1.54. The van der Waals surface area contributed by atoms with Gasteiger partial charge in [-0.05, 0) is 70.6 Å². The molecule has 1 atom stereocenters. The number of halogens is 1. The largest absolute Gasteiger partial charge is 0.492 e. The summed E-state index contributed by atoms with van der Waals surface area (Å²) in [6.45, 7) is 0.357. The first-order valence-electron chi connectivity index (χ1n) is 8.18. The van der Waals surface area contributed by atoms with E-state index in [0.717, 1.165) is 35.2 Å². The molecule has 1 amide bonds. The number of nitrogens with two attached hydrogens (primary N) is 1.